The molecule has 0 radical (unpaired) electrons. The van der Waals surface area contributed by atoms with Gasteiger partial charge < -0.3 is 4.90 Å². The quantitative estimate of drug-likeness (QED) is 0.610. The van der Waals surface area contributed by atoms with Gasteiger partial charge >= 0.3 is 0 Å². The standard InChI is InChI=1S/C19H19N3O2S/c1-21(19(24)10-9-17(23)18-8-5-11-25-18)13-15-12-20-22(14-15)16-6-3-2-4-7-16/h2-8,11-12,14H,9-10,13H2,1H3. The number of benzene rings is 1. The zero-order chi connectivity index (χ0) is 17.6. The van der Waals surface area contributed by atoms with Crippen molar-refractivity contribution in [1.29, 1.82) is 0 Å². The average Bonchev–Trinajstić information content (AvgIpc) is 3.32. The molecule has 0 unspecified atom stereocenters. The summed E-state index contributed by atoms with van der Waals surface area (Å²) in [4.78, 5) is 26.6. The molecule has 0 N–H and O–H groups in total. The number of nitrogens with zero attached hydrogens (tertiary/aromatic N) is 3. The van der Waals surface area contributed by atoms with Crippen molar-refractivity contribution in [2.24, 2.45) is 0 Å². The number of para-hydroxylation sites is 1. The Morgan fingerprint density at radius 3 is 2.64 bits per heavy atom. The van der Waals surface area contributed by atoms with Crippen molar-refractivity contribution in [1.82, 2.24) is 14.7 Å². The van der Waals surface area contributed by atoms with E-state index in [-0.39, 0.29) is 24.5 Å². The molecule has 0 spiro atoms. The molecule has 0 aliphatic heterocycles. The molecule has 1 amide bonds. The fourth-order valence-electron chi connectivity index (χ4n) is 2.50. The molecule has 6 heteroatoms. The van der Waals surface area contributed by atoms with Crippen molar-refractivity contribution in [2.75, 3.05) is 7.05 Å². The van der Waals surface area contributed by atoms with Crippen LogP contribution in [0.4, 0.5) is 0 Å². The second-order valence-corrected chi connectivity index (χ2v) is 6.73. The number of amides is 1. The first-order chi connectivity index (χ1) is 12.1. The van der Waals surface area contributed by atoms with Crippen molar-refractivity contribution in [3.05, 3.63) is 70.7 Å². The average molecular weight is 353 g/mol. The van der Waals surface area contributed by atoms with Gasteiger partial charge in [-0.3, -0.25) is 9.59 Å². The largest absolute Gasteiger partial charge is 0.341 e. The Bertz CT molecular complexity index is 841. The normalized spacial score (nSPS) is 10.6. The van der Waals surface area contributed by atoms with Gasteiger partial charge in [-0.15, -0.1) is 11.3 Å². The molecule has 1 aromatic carbocycles. The van der Waals surface area contributed by atoms with Crippen molar-refractivity contribution >= 4 is 23.0 Å². The van der Waals surface area contributed by atoms with Gasteiger partial charge in [-0.25, -0.2) is 4.68 Å². The van der Waals surface area contributed by atoms with Crippen LogP contribution in [0.15, 0.2) is 60.2 Å². The molecule has 0 fully saturated rings. The van der Waals surface area contributed by atoms with Crippen LogP contribution in [0.1, 0.15) is 28.1 Å². The summed E-state index contributed by atoms with van der Waals surface area (Å²) in [5, 5.41) is 6.20. The lowest BCUT2D eigenvalue weighted by Crippen LogP contribution is -2.26. The van der Waals surface area contributed by atoms with Gasteiger partial charge in [0.15, 0.2) is 5.78 Å². The van der Waals surface area contributed by atoms with Gasteiger partial charge in [0.1, 0.15) is 0 Å². The first kappa shape index (κ1) is 17.1. The molecule has 25 heavy (non-hydrogen) atoms. The minimum absolute atomic E-state index is 0.0219. The summed E-state index contributed by atoms with van der Waals surface area (Å²) in [6.45, 7) is 0.471. The highest BCUT2D eigenvalue weighted by Gasteiger charge is 2.14. The highest BCUT2D eigenvalue weighted by atomic mass is 32.1. The van der Waals surface area contributed by atoms with Crippen LogP contribution in [0.5, 0.6) is 0 Å². The zero-order valence-electron chi connectivity index (χ0n) is 14.0. The summed E-state index contributed by atoms with van der Waals surface area (Å²) in [6.07, 6.45) is 4.14. The van der Waals surface area contributed by atoms with E-state index in [0.29, 0.717) is 11.4 Å². The lowest BCUT2D eigenvalue weighted by atomic mass is 10.2. The van der Waals surface area contributed by atoms with Crippen molar-refractivity contribution in [3.63, 3.8) is 0 Å². The van der Waals surface area contributed by atoms with E-state index in [0.717, 1.165) is 11.3 Å². The molecular formula is C19H19N3O2S. The summed E-state index contributed by atoms with van der Waals surface area (Å²) in [5.41, 5.74) is 1.92. The maximum absolute atomic E-state index is 12.2. The van der Waals surface area contributed by atoms with Crippen LogP contribution < -0.4 is 0 Å². The summed E-state index contributed by atoms with van der Waals surface area (Å²) in [6, 6.07) is 13.4. The smallest absolute Gasteiger partial charge is 0.223 e. The maximum atomic E-state index is 12.2. The fraction of sp³-hybridized carbons (Fsp3) is 0.211. The van der Waals surface area contributed by atoms with E-state index in [1.165, 1.54) is 11.3 Å². The topological polar surface area (TPSA) is 55.2 Å². The minimum atomic E-state index is -0.0441. The van der Waals surface area contributed by atoms with Crippen LogP contribution in [-0.2, 0) is 11.3 Å². The molecule has 0 atom stereocenters. The number of carbonyl (C=O) groups is 2. The summed E-state index contributed by atoms with van der Waals surface area (Å²) in [5.74, 6) is -0.0222. The highest BCUT2D eigenvalue weighted by Crippen LogP contribution is 2.14. The van der Waals surface area contributed by atoms with Gasteiger partial charge in [-0.05, 0) is 23.6 Å². The van der Waals surface area contributed by atoms with Crippen molar-refractivity contribution in [2.45, 2.75) is 19.4 Å². The molecule has 0 saturated carbocycles. The van der Waals surface area contributed by atoms with Crippen LogP contribution in [-0.4, -0.2) is 33.4 Å². The van der Waals surface area contributed by atoms with Crippen molar-refractivity contribution in [3.8, 4) is 5.69 Å². The van der Waals surface area contributed by atoms with E-state index in [1.807, 2.05) is 48.0 Å². The van der Waals surface area contributed by atoms with Gasteiger partial charge in [0.2, 0.25) is 5.91 Å². The lowest BCUT2D eigenvalue weighted by molar-refractivity contribution is -0.130. The maximum Gasteiger partial charge on any atom is 0.223 e. The first-order valence-corrected chi connectivity index (χ1v) is 8.91. The van der Waals surface area contributed by atoms with E-state index >= 15 is 0 Å². The second-order valence-electron chi connectivity index (χ2n) is 5.78. The number of Topliss-reactive ketones (excluding diaryl/α,β-unsaturated/α-hetero) is 1. The molecule has 2 aromatic heterocycles. The second kappa shape index (κ2) is 7.90. The van der Waals surface area contributed by atoms with E-state index in [1.54, 1.807) is 28.9 Å². The third kappa shape index (κ3) is 4.42. The molecule has 0 bridgehead atoms. The fourth-order valence-corrected chi connectivity index (χ4v) is 3.19. The van der Waals surface area contributed by atoms with Gasteiger partial charge in [-0.2, -0.15) is 5.10 Å². The molecule has 128 valence electrons. The Balaban J connectivity index is 1.53. The van der Waals surface area contributed by atoms with Crippen LogP contribution in [0.3, 0.4) is 0 Å². The molecule has 0 saturated heterocycles. The van der Waals surface area contributed by atoms with E-state index < -0.39 is 0 Å². The number of thiophene rings is 1. The number of ketones is 1. The Morgan fingerprint density at radius 2 is 1.92 bits per heavy atom. The van der Waals surface area contributed by atoms with Gasteiger partial charge in [-0.1, -0.05) is 24.3 Å². The Labute approximate surface area is 150 Å². The lowest BCUT2D eigenvalue weighted by Gasteiger charge is -2.15. The summed E-state index contributed by atoms with van der Waals surface area (Å²) in [7, 11) is 1.75. The zero-order valence-corrected chi connectivity index (χ0v) is 14.8. The van der Waals surface area contributed by atoms with Crippen LogP contribution in [0.25, 0.3) is 5.69 Å². The summed E-state index contributed by atoms with van der Waals surface area (Å²) >= 11 is 1.41. The Hall–Kier alpha value is -2.73. The number of hydrogen-bond donors (Lipinski definition) is 0. The van der Waals surface area contributed by atoms with E-state index in [9.17, 15) is 9.59 Å². The van der Waals surface area contributed by atoms with Gasteiger partial charge in [0.25, 0.3) is 0 Å². The molecule has 0 aliphatic carbocycles. The van der Waals surface area contributed by atoms with Crippen LogP contribution >= 0.6 is 11.3 Å². The van der Waals surface area contributed by atoms with E-state index in [2.05, 4.69) is 5.10 Å². The number of carbonyl (C=O) groups excluding carboxylic acids is 2. The molecule has 0 aliphatic rings. The third-order valence-corrected chi connectivity index (χ3v) is 4.78. The Morgan fingerprint density at radius 1 is 1.12 bits per heavy atom. The Kier molecular flexibility index (Phi) is 5.40. The van der Waals surface area contributed by atoms with Gasteiger partial charge in [0.05, 0.1) is 16.8 Å². The first-order valence-electron chi connectivity index (χ1n) is 8.03. The number of rotatable bonds is 7. The van der Waals surface area contributed by atoms with E-state index in [4.69, 9.17) is 0 Å². The van der Waals surface area contributed by atoms with Crippen LogP contribution in [0.2, 0.25) is 0 Å². The highest BCUT2D eigenvalue weighted by molar-refractivity contribution is 7.12. The molecule has 2 heterocycles. The van der Waals surface area contributed by atoms with Gasteiger partial charge in [0, 0.05) is 38.2 Å². The monoisotopic (exact) mass is 353 g/mol. The van der Waals surface area contributed by atoms with Crippen LogP contribution in [0, 0.1) is 0 Å². The SMILES string of the molecule is CN(Cc1cnn(-c2ccccc2)c1)C(=O)CCC(=O)c1cccs1. The van der Waals surface area contributed by atoms with Crippen molar-refractivity contribution < 1.29 is 9.59 Å². The molecule has 5 nitrogen and oxygen atoms in total. The minimum Gasteiger partial charge on any atom is -0.341 e. The number of hydrogen-bond acceptors (Lipinski definition) is 4. The predicted molar refractivity (Wildman–Crippen MR) is 97.9 cm³/mol. The molecule has 3 aromatic rings. The number of aromatic nitrogens is 2. The third-order valence-electron chi connectivity index (χ3n) is 3.86. The predicted octanol–water partition coefficient (Wildman–Crippen LogP) is 3.56. The molecule has 3 rings (SSSR count). The molecular weight excluding hydrogens is 334 g/mol. The summed E-state index contributed by atoms with van der Waals surface area (Å²) < 4.78 is 1.79.